The van der Waals surface area contributed by atoms with E-state index in [2.05, 4.69) is 31.4 Å². The summed E-state index contributed by atoms with van der Waals surface area (Å²) in [6.07, 6.45) is 3.47. The molecule has 0 saturated heterocycles. The Morgan fingerprint density at radius 1 is 1.17 bits per heavy atom. The quantitative estimate of drug-likeness (QED) is 0.595. The lowest BCUT2D eigenvalue weighted by Crippen LogP contribution is -2.42. The first-order valence-corrected chi connectivity index (χ1v) is 7.14. The number of rotatable bonds is 4. The van der Waals surface area contributed by atoms with E-state index < -0.39 is 0 Å². The van der Waals surface area contributed by atoms with E-state index in [1.807, 2.05) is 43.3 Å². The number of benzene rings is 1. The molecule has 2 aromatic rings. The Labute approximate surface area is 133 Å². The standard InChI is InChI=1S/C16H16N6O/c1-11(12-6-8-17-9-7-12)19-20-14-4-2-13(3-5-14)15-10-18-16(23)22-21-15/h2-9,20H,10H2,1H3,(H2,18,22,23). The van der Waals surface area contributed by atoms with Crippen LogP contribution in [0.5, 0.6) is 0 Å². The molecule has 23 heavy (non-hydrogen) atoms. The zero-order chi connectivity index (χ0) is 16.1. The third-order valence-corrected chi connectivity index (χ3v) is 3.38. The molecule has 2 amide bonds. The average Bonchev–Trinajstić information content (AvgIpc) is 2.61. The van der Waals surface area contributed by atoms with Gasteiger partial charge < -0.3 is 5.32 Å². The number of urea groups is 1. The predicted octanol–water partition coefficient (Wildman–Crippen LogP) is 1.93. The maximum absolute atomic E-state index is 11.0. The van der Waals surface area contributed by atoms with Gasteiger partial charge in [0.05, 0.1) is 23.7 Å². The van der Waals surface area contributed by atoms with Crippen LogP contribution in [0.1, 0.15) is 18.1 Å². The van der Waals surface area contributed by atoms with Crippen LogP contribution in [0.4, 0.5) is 10.5 Å². The van der Waals surface area contributed by atoms with Crippen molar-refractivity contribution in [2.24, 2.45) is 10.2 Å². The first kappa shape index (κ1) is 14.7. The predicted molar refractivity (Wildman–Crippen MR) is 89.6 cm³/mol. The topological polar surface area (TPSA) is 90.8 Å². The molecule has 0 aliphatic carbocycles. The Kier molecular flexibility index (Phi) is 4.28. The zero-order valence-electron chi connectivity index (χ0n) is 12.6. The molecule has 3 N–H and O–H groups in total. The van der Waals surface area contributed by atoms with Crippen LogP contribution < -0.4 is 16.2 Å². The van der Waals surface area contributed by atoms with Crippen molar-refractivity contribution < 1.29 is 4.79 Å². The largest absolute Gasteiger partial charge is 0.335 e. The van der Waals surface area contributed by atoms with Crippen molar-refractivity contribution in [2.75, 3.05) is 12.0 Å². The van der Waals surface area contributed by atoms with Gasteiger partial charge in [0.2, 0.25) is 0 Å². The number of carbonyl (C=O) groups is 1. The second-order valence-corrected chi connectivity index (χ2v) is 4.98. The molecule has 1 aliphatic rings. The second kappa shape index (κ2) is 6.69. The van der Waals surface area contributed by atoms with E-state index in [4.69, 9.17) is 0 Å². The lowest BCUT2D eigenvalue weighted by molar-refractivity contribution is 0.241. The molecule has 2 heterocycles. The fourth-order valence-electron chi connectivity index (χ4n) is 2.07. The lowest BCUT2D eigenvalue weighted by atomic mass is 10.1. The summed E-state index contributed by atoms with van der Waals surface area (Å²) in [5.41, 5.74) is 9.91. The summed E-state index contributed by atoms with van der Waals surface area (Å²) in [6, 6.07) is 11.2. The summed E-state index contributed by atoms with van der Waals surface area (Å²) < 4.78 is 0. The van der Waals surface area contributed by atoms with Gasteiger partial charge in [0.1, 0.15) is 0 Å². The van der Waals surface area contributed by atoms with E-state index in [9.17, 15) is 4.79 Å². The molecule has 0 spiro atoms. The number of pyridine rings is 1. The van der Waals surface area contributed by atoms with Gasteiger partial charge in [-0.25, -0.2) is 10.2 Å². The molecule has 1 aliphatic heterocycles. The molecule has 0 saturated carbocycles. The summed E-state index contributed by atoms with van der Waals surface area (Å²) in [7, 11) is 0. The van der Waals surface area contributed by atoms with Crippen LogP contribution >= 0.6 is 0 Å². The van der Waals surface area contributed by atoms with Crippen molar-refractivity contribution in [3.05, 3.63) is 59.9 Å². The van der Waals surface area contributed by atoms with E-state index in [1.54, 1.807) is 12.4 Å². The smallest absolute Gasteiger partial charge is 0.331 e. The van der Waals surface area contributed by atoms with Crippen LogP contribution in [-0.4, -0.2) is 29.0 Å². The van der Waals surface area contributed by atoms with E-state index in [-0.39, 0.29) is 6.03 Å². The van der Waals surface area contributed by atoms with Crippen LogP contribution in [0.3, 0.4) is 0 Å². The molecule has 0 unspecified atom stereocenters. The van der Waals surface area contributed by atoms with Crippen LogP contribution in [-0.2, 0) is 0 Å². The summed E-state index contributed by atoms with van der Waals surface area (Å²) in [4.78, 5) is 15.0. The number of nitrogens with one attached hydrogen (secondary N) is 3. The van der Waals surface area contributed by atoms with Gasteiger partial charge in [0.15, 0.2) is 0 Å². The highest BCUT2D eigenvalue weighted by atomic mass is 16.2. The van der Waals surface area contributed by atoms with Gasteiger partial charge in [-0.2, -0.15) is 10.2 Å². The molecular weight excluding hydrogens is 292 g/mol. The van der Waals surface area contributed by atoms with E-state index in [0.29, 0.717) is 6.54 Å². The molecule has 0 fully saturated rings. The van der Waals surface area contributed by atoms with Crippen molar-refractivity contribution >= 4 is 23.1 Å². The van der Waals surface area contributed by atoms with Crippen molar-refractivity contribution in [1.29, 1.82) is 0 Å². The highest BCUT2D eigenvalue weighted by molar-refractivity contribution is 6.05. The summed E-state index contributed by atoms with van der Waals surface area (Å²) in [5.74, 6) is 0. The van der Waals surface area contributed by atoms with Gasteiger partial charge in [-0.3, -0.25) is 10.4 Å². The SMILES string of the molecule is CC(=NNc1ccc(C2=NNC(=O)NC2)cc1)c1ccncc1. The normalized spacial score (nSPS) is 14.6. The van der Waals surface area contributed by atoms with Crippen LogP contribution in [0.15, 0.2) is 59.0 Å². The third kappa shape index (κ3) is 3.70. The second-order valence-electron chi connectivity index (χ2n) is 4.98. The van der Waals surface area contributed by atoms with Crippen molar-refractivity contribution in [3.8, 4) is 0 Å². The van der Waals surface area contributed by atoms with Gasteiger partial charge in [-0.15, -0.1) is 0 Å². The number of anilines is 1. The van der Waals surface area contributed by atoms with E-state index in [1.165, 1.54) is 0 Å². The van der Waals surface area contributed by atoms with Crippen molar-refractivity contribution in [1.82, 2.24) is 15.7 Å². The molecule has 3 rings (SSSR count). The molecule has 0 atom stereocenters. The van der Waals surface area contributed by atoms with Gasteiger partial charge in [0, 0.05) is 18.0 Å². The fraction of sp³-hybridized carbons (Fsp3) is 0.125. The maximum Gasteiger partial charge on any atom is 0.335 e. The van der Waals surface area contributed by atoms with Crippen LogP contribution in [0.2, 0.25) is 0 Å². The van der Waals surface area contributed by atoms with Gasteiger partial charge in [-0.1, -0.05) is 12.1 Å². The Morgan fingerprint density at radius 2 is 1.91 bits per heavy atom. The third-order valence-electron chi connectivity index (χ3n) is 3.38. The first-order chi connectivity index (χ1) is 11.2. The Morgan fingerprint density at radius 3 is 2.57 bits per heavy atom. The van der Waals surface area contributed by atoms with Crippen molar-refractivity contribution in [2.45, 2.75) is 6.92 Å². The minimum absolute atomic E-state index is 0.284. The number of hydrogen-bond donors (Lipinski definition) is 3. The Balaban J connectivity index is 1.67. The van der Waals surface area contributed by atoms with Gasteiger partial charge in [0.25, 0.3) is 0 Å². The van der Waals surface area contributed by atoms with Crippen molar-refractivity contribution in [3.63, 3.8) is 0 Å². The summed E-state index contributed by atoms with van der Waals surface area (Å²) >= 11 is 0. The first-order valence-electron chi connectivity index (χ1n) is 7.14. The number of carbonyl (C=O) groups excluding carboxylic acids is 1. The monoisotopic (exact) mass is 308 g/mol. The number of hydrogen-bond acceptors (Lipinski definition) is 5. The van der Waals surface area contributed by atoms with Crippen LogP contribution in [0, 0.1) is 0 Å². The van der Waals surface area contributed by atoms with E-state index >= 15 is 0 Å². The number of aromatic nitrogens is 1. The molecular formula is C16H16N6O. The minimum atomic E-state index is -0.284. The van der Waals surface area contributed by atoms with Crippen LogP contribution in [0.25, 0.3) is 0 Å². The number of nitrogens with zero attached hydrogens (tertiary/aromatic N) is 3. The fourth-order valence-corrected chi connectivity index (χ4v) is 2.07. The van der Waals surface area contributed by atoms with E-state index in [0.717, 1.165) is 28.2 Å². The molecule has 116 valence electrons. The molecule has 7 heteroatoms. The molecule has 7 nitrogen and oxygen atoms in total. The molecule has 1 aromatic carbocycles. The number of hydrazone groups is 2. The maximum atomic E-state index is 11.0. The molecule has 1 aromatic heterocycles. The molecule has 0 radical (unpaired) electrons. The minimum Gasteiger partial charge on any atom is -0.331 e. The lowest BCUT2D eigenvalue weighted by Gasteiger charge is -2.14. The van der Waals surface area contributed by atoms with Gasteiger partial charge >= 0.3 is 6.03 Å². The Hall–Kier alpha value is -3.22. The summed E-state index contributed by atoms with van der Waals surface area (Å²) in [5, 5.41) is 11.1. The Bertz CT molecular complexity index is 752. The summed E-state index contributed by atoms with van der Waals surface area (Å²) in [6.45, 7) is 2.35. The average molecular weight is 308 g/mol. The van der Waals surface area contributed by atoms with Gasteiger partial charge in [-0.05, 0) is 36.8 Å². The zero-order valence-corrected chi connectivity index (χ0v) is 12.6. The number of amides is 2. The highest BCUT2D eigenvalue weighted by Gasteiger charge is 2.11. The highest BCUT2D eigenvalue weighted by Crippen LogP contribution is 2.11. The molecule has 0 bridgehead atoms.